The quantitative estimate of drug-likeness (QED) is 0.303. The molecular formula is C13H17N3O3S4. The van der Waals surface area contributed by atoms with E-state index < -0.39 is 0 Å². The molecule has 126 valence electrons. The van der Waals surface area contributed by atoms with Crippen molar-refractivity contribution in [2.75, 3.05) is 35.4 Å². The van der Waals surface area contributed by atoms with E-state index in [0.717, 1.165) is 29.4 Å². The molecule has 0 spiro atoms. The van der Waals surface area contributed by atoms with Gasteiger partial charge in [0.25, 0.3) is 0 Å². The minimum absolute atomic E-state index is 0.179. The Labute approximate surface area is 152 Å². The molecule has 1 fully saturated rings. The molecule has 1 rings (SSSR count). The van der Waals surface area contributed by atoms with Crippen LogP contribution in [-0.2, 0) is 14.4 Å². The Hall–Kier alpha value is -0.460. The molecule has 0 aromatic rings. The number of aliphatic imine (C=N–C) groups is 3. The van der Waals surface area contributed by atoms with E-state index in [1.165, 1.54) is 23.9 Å². The van der Waals surface area contributed by atoms with Crippen LogP contribution >= 0.6 is 47.0 Å². The Morgan fingerprint density at radius 1 is 1.04 bits per heavy atom. The minimum atomic E-state index is -0.335. The lowest BCUT2D eigenvalue weighted by Crippen LogP contribution is -2.24. The van der Waals surface area contributed by atoms with Crippen LogP contribution in [0.15, 0.2) is 15.0 Å². The second-order valence-corrected chi connectivity index (χ2v) is 9.38. The summed E-state index contributed by atoms with van der Waals surface area (Å²) in [6, 6.07) is 0. The van der Waals surface area contributed by atoms with Crippen LogP contribution in [0.1, 0.15) is 6.42 Å². The summed E-state index contributed by atoms with van der Waals surface area (Å²) in [5.41, 5.74) is 0. The van der Waals surface area contributed by atoms with Gasteiger partial charge in [-0.15, -0.1) is 23.5 Å². The third-order valence-corrected chi connectivity index (χ3v) is 8.38. The lowest BCUT2D eigenvalue weighted by molar-refractivity contribution is 0.559. The largest absolute Gasteiger partial charge is 0.236 e. The summed E-state index contributed by atoms with van der Waals surface area (Å²) in [5, 5.41) is 0.861. The fourth-order valence-electron chi connectivity index (χ4n) is 1.74. The highest BCUT2D eigenvalue weighted by atomic mass is 32.2. The molecule has 6 nitrogen and oxygen atoms in total. The summed E-state index contributed by atoms with van der Waals surface area (Å²) in [4.78, 5) is 41.0. The first kappa shape index (κ1) is 20.6. The highest BCUT2D eigenvalue weighted by Gasteiger charge is 2.22. The summed E-state index contributed by atoms with van der Waals surface area (Å²) < 4.78 is 0. The predicted octanol–water partition coefficient (Wildman–Crippen LogP) is 2.35. The maximum atomic E-state index is 10.3. The zero-order valence-corrected chi connectivity index (χ0v) is 15.6. The van der Waals surface area contributed by atoms with Crippen molar-refractivity contribution in [3.8, 4) is 0 Å². The standard InChI is InChI=1S/C13H17N3O3S4/c17-7-14-3-13(16-9-19)21-2-1-11-5-23-12(6-22-11)4-20-10-15-8-18/h11-13H,1-6,10H2. The SMILES string of the molecule is O=C=NCSCC1CSC(CCSC(CN=C=O)N=C=O)CS1. The van der Waals surface area contributed by atoms with Gasteiger partial charge < -0.3 is 0 Å². The molecule has 1 aliphatic heterocycles. The van der Waals surface area contributed by atoms with Gasteiger partial charge >= 0.3 is 0 Å². The molecule has 3 unspecified atom stereocenters. The van der Waals surface area contributed by atoms with E-state index in [0.29, 0.717) is 16.4 Å². The summed E-state index contributed by atoms with van der Waals surface area (Å²) in [6.45, 7) is 0.179. The molecule has 0 radical (unpaired) electrons. The number of isocyanates is 3. The minimum Gasteiger partial charge on any atom is -0.211 e. The lowest BCUT2D eigenvalue weighted by Gasteiger charge is -2.27. The van der Waals surface area contributed by atoms with E-state index in [1.807, 2.05) is 23.5 Å². The van der Waals surface area contributed by atoms with Crippen molar-refractivity contribution < 1.29 is 14.4 Å². The van der Waals surface area contributed by atoms with Crippen LogP contribution in [-0.4, -0.2) is 69.5 Å². The fraction of sp³-hybridized carbons (Fsp3) is 0.769. The topological polar surface area (TPSA) is 88.3 Å². The first-order valence-corrected chi connectivity index (χ1v) is 11.2. The van der Waals surface area contributed by atoms with Crippen LogP contribution in [0.2, 0.25) is 0 Å². The number of hydrogen-bond donors (Lipinski definition) is 0. The Kier molecular flexibility index (Phi) is 12.5. The molecule has 0 saturated carbocycles. The predicted molar refractivity (Wildman–Crippen MR) is 99.9 cm³/mol. The first-order valence-electron chi connectivity index (χ1n) is 6.87. The van der Waals surface area contributed by atoms with Crippen molar-refractivity contribution in [1.82, 2.24) is 0 Å². The Morgan fingerprint density at radius 2 is 1.78 bits per heavy atom. The average Bonchev–Trinajstić information content (AvgIpc) is 2.58. The number of thioether (sulfide) groups is 4. The molecule has 1 heterocycles. The maximum absolute atomic E-state index is 10.3. The van der Waals surface area contributed by atoms with E-state index in [4.69, 9.17) is 0 Å². The fourth-order valence-corrected chi connectivity index (χ4v) is 7.12. The van der Waals surface area contributed by atoms with Gasteiger partial charge in [-0.2, -0.15) is 33.5 Å². The number of rotatable bonds is 11. The molecule has 23 heavy (non-hydrogen) atoms. The summed E-state index contributed by atoms with van der Waals surface area (Å²) in [5.74, 6) is 4.57. The molecule has 0 aromatic carbocycles. The van der Waals surface area contributed by atoms with E-state index in [1.54, 1.807) is 17.8 Å². The second kappa shape index (κ2) is 13.9. The van der Waals surface area contributed by atoms with Crippen molar-refractivity contribution in [3.05, 3.63) is 0 Å². The molecule has 0 N–H and O–H groups in total. The average molecular weight is 392 g/mol. The van der Waals surface area contributed by atoms with Gasteiger partial charge in [0, 0.05) is 27.8 Å². The Balaban J connectivity index is 2.16. The lowest BCUT2D eigenvalue weighted by atomic mass is 10.4. The molecule has 0 bridgehead atoms. The van der Waals surface area contributed by atoms with Gasteiger partial charge in [-0.25, -0.2) is 19.4 Å². The second-order valence-electron chi connectivity index (χ2n) is 4.43. The highest BCUT2D eigenvalue weighted by molar-refractivity contribution is 8.08. The van der Waals surface area contributed by atoms with Gasteiger partial charge in [0.2, 0.25) is 18.2 Å². The first-order chi connectivity index (χ1) is 11.3. The zero-order chi connectivity index (χ0) is 16.8. The summed E-state index contributed by atoms with van der Waals surface area (Å²) >= 11 is 7.12. The monoisotopic (exact) mass is 391 g/mol. The van der Waals surface area contributed by atoms with Crippen molar-refractivity contribution >= 4 is 65.3 Å². The third kappa shape index (κ3) is 10.1. The van der Waals surface area contributed by atoms with Crippen LogP contribution in [0.4, 0.5) is 0 Å². The van der Waals surface area contributed by atoms with Gasteiger partial charge in [0.05, 0.1) is 12.4 Å². The molecule has 1 aliphatic rings. The van der Waals surface area contributed by atoms with Crippen molar-refractivity contribution in [2.24, 2.45) is 15.0 Å². The Morgan fingerprint density at radius 3 is 2.43 bits per heavy atom. The Bertz CT molecular complexity index is 481. The molecular weight excluding hydrogens is 374 g/mol. The third-order valence-electron chi connectivity index (χ3n) is 2.82. The molecule has 1 saturated heterocycles. The van der Waals surface area contributed by atoms with Crippen LogP contribution in [0.5, 0.6) is 0 Å². The van der Waals surface area contributed by atoms with Gasteiger partial charge in [-0.05, 0) is 12.2 Å². The van der Waals surface area contributed by atoms with E-state index >= 15 is 0 Å². The van der Waals surface area contributed by atoms with Crippen LogP contribution in [0.25, 0.3) is 0 Å². The molecule has 0 aliphatic carbocycles. The van der Waals surface area contributed by atoms with Gasteiger partial charge in [0.1, 0.15) is 5.37 Å². The number of carbonyl (C=O) groups excluding carboxylic acids is 3. The molecule has 10 heteroatoms. The molecule has 0 aromatic heterocycles. The van der Waals surface area contributed by atoms with Crippen molar-refractivity contribution in [1.29, 1.82) is 0 Å². The maximum Gasteiger partial charge on any atom is 0.236 e. The van der Waals surface area contributed by atoms with E-state index in [9.17, 15) is 14.4 Å². The smallest absolute Gasteiger partial charge is 0.211 e. The van der Waals surface area contributed by atoms with E-state index in [-0.39, 0.29) is 11.9 Å². The van der Waals surface area contributed by atoms with E-state index in [2.05, 4.69) is 15.0 Å². The van der Waals surface area contributed by atoms with Gasteiger partial charge in [-0.3, -0.25) is 0 Å². The zero-order valence-electron chi connectivity index (χ0n) is 12.4. The number of nitrogens with zero attached hydrogens (tertiary/aromatic N) is 3. The van der Waals surface area contributed by atoms with Crippen LogP contribution < -0.4 is 0 Å². The highest BCUT2D eigenvalue weighted by Crippen LogP contribution is 2.34. The molecule has 3 atom stereocenters. The molecule has 0 amide bonds. The van der Waals surface area contributed by atoms with Crippen LogP contribution in [0.3, 0.4) is 0 Å². The van der Waals surface area contributed by atoms with Gasteiger partial charge in [-0.1, -0.05) is 0 Å². The van der Waals surface area contributed by atoms with Crippen LogP contribution in [0, 0.1) is 0 Å². The normalized spacial score (nSPS) is 21.4. The van der Waals surface area contributed by atoms with Crippen molar-refractivity contribution in [2.45, 2.75) is 22.3 Å². The summed E-state index contributed by atoms with van der Waals surface area (Å²) in [6.07, 6.45) is 5.56. The van der Waals surface area contributed by atoms with Gasteiger partial charge in [0.15, 0.2) is 0 Å². The summed E-state index contributed by atoms with van der Waals surface area (Å²) in [7, 11) is 0. The number of hydrogen-bond acceptors (Lipinski definition) is 10. The van der Waals surface area contributed by atoms with Crippen molar-refractivity contribution in [3.63, 3.8) is 0 Å².